The molecule has 0 aromatic heterocycles. The van der Waals surface area contributed by atoms with Gasteiger partial charge < -0.3 is 15.8 Å². The van der Waals surface area contributed by atoms with Gasteiger partial charge in [-0.1, -0.05) is 24.3 Å². The van der Waals surface area contributed by atoms with Crippen LogP contribution < -0.4 is 11.1 Å². The molecule has 0 heterocycles. The largest absolute Gasteiger partial charge is 0.380 e. The van der Waals surface area contributed by atoms with Crippen molar-refractivity contribution in [2.45, 2.75) is 50.3 Å². The van der Waals surface area contributed by atoms with Crippen LogP contribution in [-0.2, 0) is 22.4 Å². The third-order valence-electron chi connectivity index (χ3n) is 4.90. The van der Waals surface area contributed by atoms with Gasteiger partial charge in [0.1, 0.15) is 0 Å². The van der Waals surface area contributed by atoms with Crippen molar-refractivity contribution in [2.24, 2.45) is 11.7 Å². The van der Waals surface area contributed by atoms with Gasteiger partial charge in [-0.2, -0.15) is 0 Å². The maximum Gasteiger partial charge on any atom is 0.223 e. The molecule has 1 fully saturated rings. The molecule has 3 N–H and O–H groups in total. The number of carbonyl (C=O) groups is 1. The summed E-state index contributed by atoms with van der Waals surface area (Å²) in [6, 6.07) is 8.65. The fraction of sp³-hybridized carbons (Fsp3) is 0.588. The summed E-state index contributed by atoms with van der Waals surface area (Å²) in [5.41, 5.74) is 8.82. The van der Waals surface area contributed by atoms with Crippen LogP contribution in [0.5, 0.6) is 0 Å². The topological polar surface area (TPSA) is 64.3 Å². The Morgan fingerprint density at radius 3 is 2.41 bits per heavy atom. The Kier molecular flexibility index (Phi) is 5.84. The normalized spacial score (nSPS) is 27.8. The summed E-state index contributed by atoms with van der Waals surface area (Å²) >= 11 is 0. The number of hydrogen-bond acceptors (Lipinski definition) is 3. The van der Waals surface area contributed by atoms with Crippen molar-refractivity contribution in [3.8, 4) is 0 Å². The second-order valence-corrected chi connectivity index (χ2v) is 6.33. The summed E-state index contributed by atoms with van der Waals surface area (Å²) < 4.78 is 5.35. The molecule has 1 saturated carbocycles. The number of hydrogen-bond donors (Lipinski definition) is 2. The molecule has 4 nitrogen and oxygen atoms in total. The lowest BCUT2D eigenvalue weighted by atomic mass is 9.83. The van der Waals surface area contributed by atoms with Crippen LogP contribution in [0.25, 0.3) is 0 Å². The molecule has 0 radical (unpaired) electrons. The lowest BCUT2D eigenvalue weighted by Crippen LogP contribution is -2.47. The Morgan fingerprint density at radius 1 is 1.23 bits per heavy atom. The zero-order chi connectivity index (χ0) is 14.8. The number of carbonyl (C=O) groups excluding carboxylic acids is 1. The first kappa shape index (κ1) is 17.3. The number of amides is 1. The molecule has 1 aromatic carbocycles. The quantitative estimate of drug-likeness (QED) is 0.891. The second-order valence-electron chi connectivity index (χ2n) is 6.33. The summed E-state index contributed by atoms with van der Waals surface area (Å²) in [6.45, 7) is 0. The summed E-state index contributed by atoms with van der Waals surface area (Å²) in [4.78, 5) is 12.4. The van der Waals surface area contributed by atoms with E-state index >= 15 is 0 Å². The van der Waals surface area contributed by atoms with E-state index in [0.717, 1.165) is 32.1 Å². The highest BCUT2D eigenvalue weighted by atomic mass is 35.5. The highest BCUT2D eigenvalue weighted by molar-refractivity contribution is 5.85. The van der Waals surface area contributed by atoms with Gasteiger partial charge in [-0.25, -0.2) is 0 Å². The number of rotatable bonds is 3. The average molecular weight is 325 g/mol. The lowest BCUT2D eigenvalue weighted by molar-refractivity contribution is -0.127. The monoisotopic (exact) mass is 324 g/mol. The molecule has 3 rings (SSSR count). The molecule has 5 heteroatoms. The van der Waals surface area contributed by atoms with Crippen molar-refractivity contribution in [1.82, 2.24) is 5.32 Å². The van der Waals surface area contributed by atoms with E-state index in [-0.39, 0.29) is 42.4 Å². The number of ether oxygens (including phenoxy) is 1. The fourth-order valence-corrected chi connectivity index (χ4v) is 3.69. The molecule has 3 atom stereocenters. The van der Waals surface area contributed by atoms with E-state index in [0.29, 0.717) is 0 Å². The molecule has 0 saturated heterocycles. The van der Waals surface area contributed by atoms with Crippen LogP contribution in [0.3, 0.4) is 0 Å². The van der Waals surface area contributed by atoms with Crippen molar-refractivity contribution < 1.29 is 9.53 Å². The van der Waals surface area contributed by atoms with Gasteiger partial charge in [-0.3, -0.25) is 4.79 Å². The van der Waals surface area contributed by atoms with Gasteiger partial charge in [-0.05, 0) is 43.2 Å². The molecule has 22 heavy (non-hydrogen) atoms. The van der Waals surface area contributed by atoms with E-state index in [9.17, 15) is 4.79 Å². The van der Waals surface area contributed by atoms with Crippen molar-refractivity contribution in [3.63, 3.8) is 0 Å². The first-order chi connectivity index (χ1) is 10.2. The van der Waals surface area contributed by atoms with E-state index in [4.69, 9.17) is 10.5 Å². The minimum atomic E-state index is -0.0275. The van der Waals surface area contributed by atoms with Gasteiger partial charge in [0.15, 0.2) is 0 Å². The predicted molar refractivity (Wildman–Crippen MR) is 89.1 cm³/mol. The Labute approximate surface area is 138 Å². The minimum absolute atomic E-state index is 0. The van der Waals surface area contributed by atoms with Gasteiger partial charge in [0.05, 0.1) is 6.10 Å². The van der Waals surface area contributed by atoms with E-state index in [1.54, 1.807) is 7.11 Å². The van der Waals surface area contributed by atoms with Crippen LogP contribution in [0, 0.1) is 5.92 Å². The molecular weight excluding hydrogens is 300 g/mol. The Bertz CT molecular complexity index is 498. The number of halogens is 1. The maximum absolute atomic E-state index is 12.4. The molecule has 1 aromatic rings. The van der Waals surface area contributed by atoms with Gasteiger partial charge in [-0.15, -0.1) is 12.4 Å². The molecule has 2 aliphatic rings. The SMILES string of the molecule is CO[C@@H]1CC[C@H](C(=O)NC2Cc3ccccc3C2)C[C@H]1N.Cl. The summed E-state index contributed by atoms with van der Waals surface area (Å²) in [5.74, 6) is 0.202. The smallest absolute Gasteiger partial charge is 0.223 e. The van der Waals surface area contributed by atoms with Crippen LogP contribution in [-0.4, -0.2) is 31.2 Å². The number of nitrogens with one attached hydrogen (secondary N) is 1. The fourth-order valence-electron chi connectivity index (χ4n) is 3.69. The zero-order valence-electron chi connectivity index (χ0n) is 13.0. The molecule has 0 aliphatic heterocycles. The van der Waals surface area contributed by atoms with Gasteiger partial charge in [0, 0.05) is 25.1 Å². The number of nitrogens with two attached hydrogens (primary N) is 1. The van der Waals surface area contributed by atoms with Crippen LogP contribution in [0.1, 0.15) is 30.4 Å². The number of fused-ring (bicyclic) bond motifs is 1. The average Bonchev–Trinajstić information content (AvgIpc) is 2.89. The molecular formula is C17H25ClN2O2. The van der Waals surface area contributed by atoms with Gasteiger partial charge >= 0.3 is 0 Å². The predicted octanol–water partition coefficient (Wildman–Crippen LogP) is 1.83. The van der Waals surface area contributed by atoms with E-state index in [1.165, 1.54) is 11.1 Å². The van der Waals surface area contributed by atoms with Gasteiger partial charge in [0.25, 0.3) is 0 Å². The van der Waals surface area contributed by atoms with E-state index < -0.39 is 0 Å². The standard InChI is InChI=1S/C17H24N2O2.ClH/c1-21-16-7-6-13(10-15(16)18)17(20)19-14-8-11-4-2-3-5-12(11)9-14;/h2-5,13-16H,6-10,18H2,1H3,(H,19,20);1H/t13-,15+,16+;/m0./s1. The summed E-state index contributed by atoms with van der Waals surface area (Å²) in [7, 11) is 1.70. The van der Waals surface area contributed by atoms with Crippen molar-refractivity contribution in [3.05, 3.63) is 35.4 Å². The van der Waals surface area contributed by atoms with Gasteiger partial charge in [0.2, 0.25) is 5.91 Å². The minimum Gasteiger partial charge on any atom is -0.380 e. The Morgan fingerprint density at radius 2 is 1.86 bits per heavy atom. The third-order valence-corrected chi connectivity index (χ3v) is 4.90. The van der Waals surface area contributed by atoms with Crippen LogP contribution in [0.15, 0.2) is 24.3 Å². The summed E-state index contributed by atoms with van der Waals surface area (Å²) in [6.07, 6.45) is 4.47. The Balaban J connectivity index is 0.00000176. The molecule has 0 unspecified atom stereocenters. The molecule has 0 bridgehead atoms. The molecule has 0 spiro atoms. The third kappa shape index (κ3) is 3.62. The van der Waals surface area contributed by atoms with E-state index in [2.05, 4.69) is 29.6 Å². The van der Waals surface area contributed by atoms with Crippen LogP contribution in [0.2, 0.25) is 0 Å². The summed E-state index contributed by atoms with van der Waals surface area (Å²) in [5, 5.41) is 3.21. The molecule has 2 aliphatic carbocycles. The van der Waals surface area contributed by atoms with Crippen molar-refractivity contribution in [1.29, 1.82) is 0 Å². The highest BCUT2D eigenvalue weighted by Crippen LogP contribution is 2.27. The van der Waals surface area contributed by atoms with Crippen LogP contribution in [0.4, 0.5) is 0 Å². The number of benzene rings is 1. The first-order valence-corrected chi connectivity index (χ1v) is 7.83. The maximum atomic E-state index is 12.4. The molecule has 122 valence electrons. The van der Waals surface area contributed by atoms with Crippen LogP contribution >= 0.6 is 12.4 Å². The molecule has 1 amide bonds. The number of methoxy groups -OCH3 is 1. The zero-order valence-corrected chi connectivity index (χ0v) is 13.8. The Hall–Kier alpha value is -1.10. The first-order valence-electron chi connectivity index (χ1n) is 7.83. The highest BCUT2D eigenvalue weighted by Gasteiger charge is 2.33. The second kappa shape index (κ2) is 7.44. The lowest BCUT2D eigenvalue weighted by Gasteiger charge is -2.32. The van der Waals surface area contributed by atoms with Crippen molar-refractivity contribution >= 4 is 18.3 Å². The van der Waals surface area contributed by atoms with E-state index in [1.807, 2.05) is 0 Å². The van der Waals surface area contributed by atoms with Crippen molar-refractivity contribution in [2.75, 3.05) is 7.11 Å².